The number of nitrogens with two attached hydrogens (primary N) is 3. The summed E-state index contributed by atoms with van der Waals surface area (Å²) in [5.41, 5.74) is 16.4. The molecule has 0 aromatic heterocycles. The largest absolute Gasteiger partial charge is 0.388 e. The summed E-state index contributed by atoms with van der Waals surface area (Å²) in [4.78, 5) is 3.88. The fourth-order valence-corrected chi connectivity index (χ4v) is 1.24. The molecular formula is C10H24N5+. The number of rotatable bonds is 6. The highest BCUT2D eigenvalue weighted by atomic mass is 15.2. The van der Waals surface area contributed by atoms with Crippen molar-refractivity contribution in [3.8, 4) is 0 Å². The van der Waals surface area contributed by atoms with Crippen molar-refractivity contribution < 1.29 is 4.58 Å². The summed E-state index contributed by atoms with van der Waals surface area (Å²) >= 11 is 0. The number of aliphatic imine (C=N–C) groups is 1. The zero-order valence-electron chi connectivity index (χ0n) is 9.87. The molecule has 88 valence electrons. The third-order valence-corrected chi connectivity index (χ3v) is 2.13. The van der Waals surface area contributed by atoms with E-state index in [0.717, 1.165) is 38.8 Å². The van der Waals surface area contributed by atoms with Crippen molar-refractivity contribution >= 4 is 11.9 Å². The van der Waals surface area contributed by atoms with Crippen LogP contribution in [0.25, 0.3) is 0 Å². The van der Waals surface area contributed by atoms with Crippen LogP contribution in [0.3, 0.4) is 0 Å². The van der Waals surface area contributed by atoms with E-state index < -0.39 is 0 Å². The maximum atomic E-state index is 5.80. The average Bonchev–Trinajstić information content (AvgIpc) is 2.17. The summed E-state index contributed by atoms with van der Waals surface area (Å²) < 4.78 is 2.03. The maximum Gasteiger partial charge on any atom is 0.388 e. The van der Waals surface area contributed by atoms with Crippen molar-refractivity contribution in [2.75, 3.05) is 13.1 Å². The minimum absolute atomic E-state index is 0.0190. The quantitative estimate of drug-likeness (QED) is 0.334. The number of hydrogen-bond donors (Lipinski definition) is 3. The Labute approximate surface area is 92.0 Å². The Morgan fingerprint density at radius 2 is 1.47 bits per heavy atom. The van der Waals surface area contributed by atoms with Gasteiger partial charge in [0, 0.05) is 0 Å². The summed E-state index contributed by atoms with van der Waals surface area (Å²) in [5, 5.41) is 0. The van der Waals surface area contributed by atoms with E-state index in [1.54, 1.807) is 0 Å². The SMILES string of the molecule is CCCC[N+](CCCC)=C(N)N=C(N)N. The molecule has 0 saturated carbocycles. The lowest BCUT2D eigenvalue weighted by Gasteiger charge is -2.07. The van der Waals surface area contributed by atoms with Crippen molar-refractivity contribution in [1.29, 1.82) is 0 Å². The van der Waals surface area contributed by atoms with E-state index in [2.05, 4.69) is 18.8 Å². The smallest absolute Gasteiger partial charge is 0.356 e. The van der Waals surface area contributed by atoms with Crippen LogP contribution in [-0.2, 0) is 0 Å². The minimum atomic E-state index is 0.0190. The van der Waals surface area contributed by atoms with Gasteiger partial charge in [-0.3, -0.25) is 10.3 Å². The van der Waals surface area contributed by atoms with E-state index >= 15 is 0 Å². The van der Waals surface area contributed by atoms with Gasteiger partial charge in [-0.25, -0.2) is 0 Å². The highest BCUT2D eigenvalue weighted by Gasteiger charge is 2.07. The molecule has 0 atom stereocenters. The molecule has 0 saturated heterocycles. The highest BCUT2D eigenvalue weighted by Crippen LogP contribution is 1.93. The topological polar surface area (TPSA) is 93.4 Å². The lowest BCUT2D eigenvalue weighted by atomic mass is 10.3. The van der Waals surface area contributed by atoms with Crippen LogP contribution < -0.4 is 17.2 Å². The Hall–Kier alpha value is -1.26. The maximum absolute atomic E-state index is 5.80. The average molecular weight is 214 g/mol. The summed E-state index contributed by atoms with van der Waals surface area (Å²) in [7, 11) is 0. The van der Waals surface area contributed by atoms with Gasteiger partial charge in [-0.2, -0.15) is 0 Å². The Kier molecular flexibility index (Phi) is 7.40. The van der Waals surface area contributed by atoms with Crippen molar-refractivity contribution in [3.05, 3.63) is 0 Å². The Bertz CT molecular complexity index is 218. The number of guanidine groups is 2. The molecule has 0 unspecified atom stereocenters. The second-order valence-electron chi connectivity index (χ2n) is 3.59. The van der Waals surface area contributed by atoms with Crippen molar-refractivity contribution in [3.63, 3.8) is 0 Å². The molecule has 0 aliphatic rings. The molecule has 0 radical (unpaired) electrons. The number of nitrogens with zero attached hydrogens (tertiary/aromatic N) is 2. The zero-order valence-corrected chi connectivity index (χ0v) is 9.87. The van der Waals surface area contributed by atoms with Crippen LogP contribution in [0.5, 0.6) is 0 Å². The zero-order chi connectivity index (χ0) is 11.7. The first-order chi connectivity index (χ1) is 7.11. The van der Waals surface area contributed by atoms with Gasteiger partial charge in [0.25, 0.3) is 5.96 Å². The highest BCUT2D eigenvalue weighted by molar-refractivity contribution is 5.89. The molecule has 0 bridgehead atoms. The molecule has 15 heavy (non-hydrogen) atoms. The normalized spacial score (nSPS) is 9.73. The first kappa shape index (κ1) is 13.7. The number of unbranched alkanes of at least 4 members (excludes halogenated alkanes) is 2. The molecule has 0 fully saturated rings. The summed E-state index contributed by atoms with van der Waals surface area (Å²) in [6.45, 7) is 6.13. The molecule has 0 rings (SSSR count). The molecule has 0 amide bonds. The van der Waals surface area contributed by atoms with E-state index in [-0.39, 0.29) is 5.96 Å². The van der Waals surface area contributed by atoms with Gasteiger partial charge in [0.2, 0.25) is 0 Å². The van der Waals surface area contributed by atoms with Crippen molar-refractivity contribution in [1.82, 2.24) is 0 Å². The van der Waals surface area contributed by atoms with Crippen LogP contribution in [0.4, 0.5) is 0 Å². The predicted octanol–water partition coefficient (Wildman–Crippen LogP) is 0.187. The first-order valence-electron chi connectivity index (χ1n) is 5.58. The molecule has 0 heterocycles. The van der Waals surface area contributed by atoms with Crippen molar-refractivity contribution in [2.24, 2.45) is 22.2 Å². The van der Waals surface area contributed by atoms with Gasteiger partial charge in [-0.15, -0.1) is 0 Å². The van der Waals surface area contributed by atoms with E-state index in [1.807, 2.05) is 4.58 Å². The Balaban J connectivity index is 4.49. The number of hydrogen-bond acceptors (Lipinski definition) is 0. The molecular weight excluding hydrogens is 190 g/mol. The molecule has 0 aliphatic heterocycles. The van der Waals surface area contributed by atoms with Gasteiger partial charge in [0.15, 0.2) is 0 Å². The lowest BCUT2D eigenvalue weighted by molar-refractivity contribution is -0.530. The summed E-state index contributed by atoms with van der Waals surface area (Å²) in [6, 6.07) is 0. The fourth-order valence-electron chi connectivity index (χ4n) is 1.24. The summed E-state index contributed by atoms with van der Waals surface area (Å²) in [6.07, 6.45) is 4.48. The van der Waals surface area contributed by atoms with Gasteiger partial charge in [-0.05, 0) is 17.8 Å². The van der Waals surface area contributed by atoms with E-state index in [9.17, 15) is 0 Å². The van der Waals surface area contributed by atoms with Gasteiger partial charge < -0.3 is 11.5 Å². The van der Waals surface area contributed by atoms with Crippen LogP contribution in [0.2, 0.25) is 0 Å². The third kappa shape index (κ3) is 6.76. The standard InChI is InChI=1S/C10H23N5/c1-3-5-7-15(8-6-4-2)10(13)14-9(11)12/h3-8H2,1-2H3,(H5,11,12,13,14)/p+1. The third-order valence-electron chi connectivity index (χ3n) is 2.13. The lowest BCUT2D eigenvalue weighted by Crippen LogP contribution is -2.33. The fraction of sp³-hybridized carbons (Fsp3) is 0.800. The Morgan fingerprint density at radius 3 is 1.80 bits per heavy atom. The van der Waals surface area contributed by atoms with E-state index in [0.29, 0.717) is 5.96 Å². The van der Waals surface area contributed by atoms with Gasteiger partial charge in [-0.1, -0.05) is 26.7 Å². The van der Waals surface area contributed by atoms with Crippen LogP contribution in [0, 0.1) is 0 Å². The molecule has 0 aromatic rings. The van der Waals surface area contributed by atoms with Crippen LogP contribution in [-0.4, -0.2) is 29.6 Å². The minimum Gasteiger partial charge on any atom is -0.356 e. The predicted molar refractivity (Wildman–Crippen MR) is 64.8 cm³/mol. The second-order valence-corrected chi connectivity index (χ2v) is 3.59. The van der Waals surface area contributed by atoms with E-state index in [4.69, 9.17) is 17.2 Å². The molecule has 6 N–H and O–H groups in total. The summed E-state index contributed by atoms with van der Waals surface area (Å²) in [5.74, 6) is 0.447. The van der Waals surface area contributed by atoms with E-state index in [1.165, 1.54) is 0 Å². The van der Waals surface area contributed by atoms with Gasteiger partial charge in [0.05, 0.1) is 13.1 Å². The molecule has 0 aromatic carbocycles. The van der Waals surface area contributed by atoms with Crippen LogP contribution in [0.15, 0.2) is 4.99 Å². The molecule has 0 spiro atoms. The monoisotopic (exact) mass is 214 g/mol. The van der Waals surface area contributed by atoms with Gasteiger partial charge in [0.1, 0.15) is 0 Å². The van der Waals surface area contributed by atoms with Gasteiger partial charge >= 0.3 is 5.96 Å². The second kappa shape index (κ2) is 8.08. The first-order valence-corrected chi connectivity index (χ1v) is 5.58. The molecule has 0 aliphatic carbocycles. The molecule has 5 heteroatoms. The van der Waals surface area contributed by atoms with Crippen LogP contribution >= 0.6 is 0 Å². The van der Waals surface area contributed by atoms with Crippen molar-refractivity contribution in [2.45, 2.75) is 39.5 Å². The molecule has 5 nitrogen and oxygen atoms in total. The van der Waals surface area contributed by atoms with Crippen LogP contribution in [0.1, 0.15) is 39.5 Å². The Morgan fingerprint density at radius 1 is 1.00 bits per heavy atom.